The zero-order valence-electron chi connectivity index (χ0n) is 16.1. The van der Waals surface area contributed by atoms with Gasteiger partial charge in [0.15, 0.2) is 5.96 Å². The van der Waals surface area contributed by atoms with Crippen LogP contribution in [0.1, 0.15) is 33.3 Å². The van der Waals surface area contributed by atoms with Crippen molar-refractivity contribution < 1.29 is 5.11 Å². The van der Waals surface area contributed by atoms with E-state index >= 15 is 0 Å². The van der Waals surface area contributed by atoms with Crippen molar-refractivity contribution in [3.8, 4) is 0 Å². The van der Waals surface area contributed by atoms with Crippen molar-refractivity contribution in [2.45, 2.75) is 52.3 Å². The van der Waals surface area contributed by atoms with E-state index in [4.69, 9.17) is 0 Å². The number of hydrogen-bond acceptors (Lipinski definition) is 3. The summed E-state index contributed by atoms with van der Waals surface area (Å²) in [4.78, 5) is 7.10. The first-order valence-corrected chi connectivity index (χ1v) is 9.50. The Balaban J connectivity index is 1.89. The summed E-state index contributed by atoms with van der Waals surface area (Å²) in [6, 6.07) is 11.0. The van der Waals surface area contributed by atoms with Crippen LogP contribution in [0.25, 0.3) is 0 Å². The van der Waals surface area contributed by atoms with Crippen molar-refractivity contribution >= 4 is 5.96 Å². The highest BCUT2D eigenvalue weighted by Crippen LogP contribution is 2.18. The molecule has 3 atom stereocenters. The summed E-state index contributed by atoms with van der Waals surface area (Å²) in [7, 11) is 0. The number of nitrogens with one attached hydrogen (secondary N) is 2. The minimum atomic E-state index is -0.467. The van der Waals surface area contributed by atoms with Crippen LogP contribution in [0.3, 0.4) is 0 Å². The molecule has 1 aromatic carbocycles. The average Bonchev–Trinajstić information content (AvgIpc) is 2.95. The highest BCUT2D eigenvalue weighted by molar-refractivity contribution is 5.80. The molecule has 3 unspecified atom stereocenters. The van der Waals surface area contributed by atoms with Crippen molar-refractivity contribution in [1.29, 1.82) is 0 Å². The summed E-state index contributed by atoms with van der Waals surface area (Å²) >= 11 is 0. The molecule has 1 fully saturated rings. The van der Waals surface area contributed by atoms with Gasteiger partial charge in [0, 0.05) is 38.1 Å². The Labute approximate surface area is 152 Å². The predicted octanol–water partition coefficient (Wildman–Crippen LogP) is 1.87. The first-order chi connectivity index (χ1) is 12.0. The van der Waals surface area contributed by atoms with E-state index in [-0.39, 0.29) is 0 Å². The number of aliphatic hydroxyl groups excluding tert-OH is 1. The highest BCUT2D eigenvalue weighted by atomic mass is 16.3. The molecule has 0 aliphatic carbocycles. The Morgan fingerprint density at radius 1 is 1.28 bits per heavy atom. The van der Waals surface area contributed by atoms with E-state index in [1.165, 1.54) is 0 Å². The van der Waals surface area contributed by atoms with Crippen LogP contribution < -0.4 is 10.6 Å². The molecule has 0 aromatic heterocycles. The fourth-order valence-corrected chi connectivity index (χ4v) is 3.26. The number of aliphatic hydroxyl groups is 1. The Morgan fingerprint density at radius 2 is 2.00 bits per heavy atom. The monoisotopic (exact) mass is 346 g/mol. The van der Waals surface area contributed by atoms with Gasteiger partial charge in [-0.05, 0) is 32.3 Å². The average molecular weight is 347 g/mol. The van der Waals surface area contributed by atoms with Crippen LogP contribution in [0.15, 0.2) is 35.3 Å². The summed E-state index contributed by atoms with van der Waals surface area (Å²) in [5.74, 6) is 1.39. The van der Waals surface area contributed by atoms with E-state index in [2.05, 4.69) is 48.2 Å². The minimum absolute atomic E-state index is 0.395. The van der Waals surface area contributed by atoms with E-state index in [0.29, 0.717) is 31.0 Å². The SMILES string of the molecule is CCNC(=NCC(O)Cc1ccccc1)NC1CN(C(C)C)CC1C. The van der Waals surface area contributed by atoms with E-state index in [9.17, 15) is 5.11 Å². The standard InChI is InChI=1S/C20H34N4O/c1-5-21-20(23-19-14-24(15(2)3)13-16(19)4)22-12-18(25)11-17-9-7-6-8-10-17/h6-10,15-16,18-19,25H,5,11-14H2,1-4H3,(H2,21,22,23). The summed E-state index contributed by atoms with van der Waals surface area (Å²) in [6.45, 7) is 12.2. The summed E-state index contributed by atoms with van der Waals surface area (Å²) in [5.41, 5.74) is 1.14. The quantitative estimate of drug-likeness (QED) is 0.521. The van der Waals surface area contributed by atoms with E-state index in [1.54, 1.807) is 0 Å². The second kappa shape index (κ2) is 9.78. The lowest BCUT2D eigenvalue weighted by Crippen LogP contribution is -2.47. The van der Waals surface area contributed by atoms with Gasteiger partial charge >= 0.3 is 0 Å². The Hall–Kier alpha value is -1.59. The number of nitrogens with zero attached hydrogens (tertiary/aromatic N) is 2. The maximum absolute atomic E-state index is 10.3. The maximum atomic E-state index is 10.3. The smallest absolute Gasteiger partial charge is 0.191 e. The lowest BCUT2D eigenvalue weighted by Gasteiger charge is -2.22. The second-order valence-electron chi connectivity index (χ2n) is 7.34. The van der Waals surface area contributed by atoms with Gasteiger partial charge in [0.2, 0.25) is 0 Å². The zero-order valence-corrected chi connectivity index (χ0v) is 16.1. The maximum Gasteiger partial charge on any atom is 0.191 e. The van der Waals surface area contributed by atoms with Gasteiger partial charge in [-0.15, -0.1) is 0 Å². The van der Waals surface area contributed by atoms with Gasteiger partial charge in [-0.1, -0.05) is 37.3 Å². The van der Waals surface area contributed by atoms with Crippen LogP contribution in [0.5, 0.6) is 0 Å². The van der Waals surface area contributed by atoms with Gasteiger partial charge in [-0.25, -0.2) is 0 Å². The molecule has 1 saturated heterocycles. The van der Waals surface area contributed by atoms with Crippen LogP contribution >= 0.6 is 0 Å². The van der Waals surface area contributed by atoms with E-state index in [0.717, 1.165) is 31.2 Å². The van der Waals surface area contributed by atoms with Gasteiger partial charge < -0.3 is 15.7 Å². The molecule has 1 heterocycles. The fraction of sp³-hybridized carbons (Fsp3) is 0.650. The highest BCUT2D eigenvalue weighted by Gasteiger charge is 2.31. The topological polar surface area (TPSA) is 59.9 Å². The predicted molar refractivity (Wildman–Crippen MR) is 105 cm³/mol. The third kappa shape index (κ3) is 6.33. The van der Waals surface area contributed by atoms with E-state index in [1.807, 2.05) is 30.3 Å². The normalized spacial score (nSPS) is 23.0. The fourth-order valence-electron chi connectivity index (χ4n) is 3.26. The van der Waals surface area contributed by atoms with Crippen LogP contribution in [-0.2, 0) is 6.42 Å². The third-order valence-electron chi connectivity index (χ3n) is 4.81. The molecule has 0 saturated carbocycles. The Kier molecular flexibility index (Phi) is 7.72. The van der Waals surface area contributed by atoms with Gasteiger partial charge in [0.1, 0.15) is 0 Å². The molecule has 25 heavy (non-hydrogen) atoms. The first-order valence-electron chi connectivity index (χ1n) is 9.50. The third-order valence-corrected chi connectivity index (χ3v) is 4.81. The molecule has 5 heteroatoms. The molecule has 1 aliphatic heterocycles. The molecule has 0 radical (unpaired) electrons. The van der Waals surface area contributed by atoms with Crippen LogP contribution in [-0.4, -0.2) is 60.3 Å². The molecule has 5 nitrogen and oxygen atoms in total. The van der Waals surface area contributed by atoms with Crippen LogP contribution in [0.4, 0.5) is 0 Å². The van der Waals surface area contributed by atoms with Crippen molar-refractivity contribution in [2.24, 2.45) is 10.9 Å². The molecular formula is C20H34N4O. The number of benzene rings is 1. The molecule has 1 aliphatic rings. The molecule has 3 N–H and O–H groups in total. The largest absolute Gasteiger partial charge is 0.391 e. The molecule has 140 valence electrons. The van der Waals surface area contributed by atoms with Gasteiger partial charge in [0.05, 0.1) is 12.6 Å². The number of aliphatic imine (C=N–C) groups is 1. The summed E-state index contributed by atoms with van der Waals surface area (Å²) in [6.07, 6.45) is 0.163. The number of likely N-dealkylation sites (tertiary alicyclic amines) is 1. The lowest BCUT2D eigenvalue weighted by atomic mass is 10.1. The van der Waals surface area contributed by atoms with Crippen molar-refractivity contribution in [2.75, 3.05) is 26.2 Å². The van der Waals surface area contributed by atoms with Gasteiger partial charge in [0.25, 0.3) is 0 Å². The minimum Gasteiger partial charge on any atom is -0.391 e. The van der Waals surface area contributed by atoms with Crippen LogP contribution in [0, 0.1) is 5.92 Å². The molecule has 0 bridgehead atoms. The molecule has 2 rings (SSSR count). The summed E-state index contributed by atoms with van der Waals surface area (Å²) < 4.78 is 0. The number of hydrogen-bond donors (Lipinski definition) is 3. The number of guanidine groups is 1. The molecule has 1 aromatic rings. The van der Waals surface area contributed by atoms with E-state index < -0.39 is 6.10 Å². The van der Waals surface area contributed by atoms with Gasteiger partial charge in [-0.3, -0.25) is 9.89 Å². The van der Waals surface area contributed by atoms with Crippen LogP contribution in [0.2, 0.25) is 0 Å². The lowest BCUT2D eigenvalue weighted by molar-refractivity contribution is 0.183. The number of rotatable bonds is 7. The Bertz CT molecular complexity index is 532. The summed E-state index contributed by atoms with van der Waals surface area (Å²) in [5, 5.41) is 17.1. The van der Waals surface area contributed by atoms with Crippen molar-refractivity contribution in [3.05, 3.63) is 35.9 Å². The molecule has 0 spiro atoms. The molecular weight excluding hydrogens is 312 g/mol. The van der Waals surface area contributed by atoms with Crippen molar-refractivity contribution in [3.63, 3.8) is 0 Å². The zero-order chi connectivity index (χ0) is 18.2. The Morgan fingerprint density at radius 3 is 2.60 bits per heavy atom. The van der Waals surface area contributed by atoms with Crippen molar-refractivity contribution in [1.82, 2.24) is 15.5 Å². The molecule has 0 amide bonds. The van der Waals surface area contributed by atoms with Gasteiger partial charge in [-0.2, -0.15) is 0 Å². The first kappa shape index (κ1) is 19.7. The second-order valence-corrected chi connectivity index (χ2v) is 7.34.